The Balaban J connectivity index is 1.68. The van der Waals surface area contributed by atoms with Gasteiger partial charge in [0.15, 0.2) is 6.61 Å². The summed E-state index contributed by atoms with van der Waals surface area (Å²) in [5, 5.41) is 0. The van der Waals surface area contributed by atoms with Crippen molar-refractivity contribution in [2.24, 2.45) is 0 Å². The number of anilines is 1. The van der Waals surface area contributed by atoms with Crippen LogP contribution in [0, 0.1) is 6.92 Å². The van der Waals surface area contributed by atoms with Crippen molar-refractivity contribution in [1.29, 1.82) is 0 Å². The lowest BCUT2D eigenvalue weighted by molar-refractivity contribution is -0.142. The number of nitrogens with zero attached hydrogens (tertiary/aromatic N) is 2. The summed E-state index contributed by atoms with van der Waals surface area (Å²) >= 11 is 0. The van der Waals surface area contributed by atoms with E-state index in [0.29, 0.717) is 37.5 Å². The molecule has 1 aliphatic rings. The minimum atomic E-state index is -3.58. The fourth-order valence-electron chi connectivity index (χ4n) is 3.11. The molecule has 0 saturated carbocycles. The highest BCUT2D eigenvalue weighted by molar-refractivity contribution is 7.89. The van der Waals surface area contributed by atoms with E-state index in [1.807, 2.05) is 30.3 Å². The second-order valence-electron chi connectivity index (χ2n) is 6.52. The number of piperazine rings is 1. The van der Waals surface area contributed by atoms with Crippen LogP contribution in [0.25, 0.3) is 0 Å². The normalized spacial score (nSPS) is 15.3. The molecule has 1 heterocycles. The molecule has 0 spiro atoms. The van der Waals surface area contributed by atoms with Crippen LogP contribution in [0.5, 0.6) is 5.75 Å². The van der Waals surface area contributed by atoms with Gasteiger partial charge in [-0.2, -0.15) is 4.31 Å². The fraction of sp³-hybridized carbons (Fsp3) is 0.350. The fourth-order valence-corrected chi connectivity index (χ4v) is 4.62. The maximum absolute atomic E-state index is 13.0. The highest BCUT2D eigenvalue weighted by Crippen LogP contribution is 2.25. The van der Waals surface area contributed by atoms with E-state index in [2.05, 4.69) is 9.64 Å². The molecule has 7 nitrogen and oxygen atoms in total. The Morgan fingerprint density at radius 1 is 1.04 bits per heavy atom. The Labute approximate surface area is 165 Å². The van der Waals surface area contributed by atoms with E-state index in [0.717, 1.165) is 5.69 Å². The van der Waals surface area contributed by atoms with Crippen LogP contribution in [0.3, 0.4) is 0 Å². The van der Waals surface area contributed by atoms with Crippen LogP contribution >= 0.6 is 0 Å². The van der Waals surface area contributed by atoms with Gasteiger partial charge in [-0.25, -0.2) is 13.2 Å². The highest BCUT2D eigenvalue weighted by Gasteiger charge is 2.29. The average molecular weight is 404 g/mol. The lowest BCUT2D eigenvalue weighted by Gasteiger charge is -2.35. The third-order valence-corrected chi connectivity index (χ3v) is 6.61. The van der Waals surface area contributed by atoms with E-state index in [1.54, 1.807) is 19.1 Å². The summed E-state index contributed by atoms with van der Waals surface area (Å²) < 4.78 is 37.4. The van der Waals surface area contributed by atoms with Gasteiger partial charge in [0.1, 0.15) is 5.75 Å². The average Bonchev–Trinajstić information content (AvgIpc) is 2.73. The summed E-state index contributed by atoms with van der Waals surface area (Å²) in [5.74, 6) is -0.0365. The zero-order chi connectivity index (χ0) is 20.1. The zero-order valence-corrected chi connectivity index (χ0v) is 16.8. The second kappa shape index (κ2) is 8.62. The summed E-state index contributed by atoms with van der Waals surface area (Å²) in [7, 11) is -2.30. The van der Waals surface area contributed by atoms with Gasteiger partial charge in [0.2, 0.25) is 10.0 Å². The Hall–Kier alpha value is -2.58. The first-order chi connectivity index (χ1) is 13.4. The van der Waals surface area contributed by atoms with Crippen molar-refractivity contribution in [3.8, 4) is 5.75 Å². The first-order valence-corrected chi connectivity index (χ1v) is 10.5. The number of hydrogen-bond acceptors (Lipinski definition) is 6. The number of sulfonamides is 1. The third kappa shape index (κ3) is 4.45. The number of methoxy groups -OCH3 is 1. The molecule has 3 rings (SSSR count). The molecular weight excluding hydrogens is 380 g/mol. The molecule has 1 fully saturated rings. The zero-order valence-electron chi connectivity index (χ0n) is 16.0. The number of para-hydroxylation sites is 1. The van der Waals surface area contributed by atoms with E-state index < -0.39 is 16.0 Å². The van der Waals surface area contributed by atoms with Gasteiger partial charge in [-0.15, -0.1) is 0 Å². The number of hydrogen-bond donors (Lipinski definition) is 0. The molecule has 0 aliphatic carbocycles. The van der Waals surface area contributed by atoms with Crippen LogP contribution < -0.4 is 9.64 Å². The SMILES string of the molecule is COC(=O)COc1ccc(S(=O)(=O)N2CCN(c3ccccc3)CC2)cc1C. The molecule has 150 valence electrons. The summed E-state index contributed by atoms with van der Waals surface area (Å²) in [4.78, 5) is 13.6. The number of ether oxygens (including phenoxy) is 2. The van der Waals surface area contributed by atoms with Gasteiger partial charge in [0.25, 0.3) is 0 Å². The maximum Gasteiger partial charge on any atom is 0.343 e. The van der Waals surface area contributed by atoms with Crippen molar-refractivity contribution < 1.29 is 22.7 Å². The quantitative estimate of drug-likeness (QED) is 0.686. The monoisotopic (exact) mass is 404 g/mol. The summed E-state index contributed by atoms with van der Waals surface area (Å²) in [6.45, 7) is 3.67. The number of benzene rings is 2. The van der Waals surface area contributed by atoms with Gasteiger partial charge in [-0.3, -0.25) is 0 Å². The topological polar surface area (TPSA) is 76.1 Å². The van der Waals surface area contributed by atoms with E-state index in [1.165, 1.54) is 17.5 Å². The smallest absolute Gasteiger partial charge is 0.343 e. The molecule has 0 bridgehead atoms. The van der Waals surface area contributed by atoms with Crippen LogP contribution in [0.4, 0.5) is 5.69 Å². The van der Waals surface area contributed by atoms with Crippen LogP contribution in [-0.2, 0) is 19.6 Å². The number of carbonyl (C=O) groups excluding carboxylic acids is 1. The molecule has 28 heavy (non-hydrogen) atoms. The van der Waals surface area contributed by atoms with E-state index in [9.17, 15) is 13.2 Å². The molecule has 2 aromatic rings. The van der Waals surface area contributed by atoms with Crippen molar-refractivity contribution in [2.75, 3.05) is 44.8 Å². The second-order valence-corrected chi connectivity index (χ2v) is 8.46. The molecule has 0 unspecified atom stereocenters. The van der Waals surface area contributed by atoms with Gasteiger partial charge in [0.05, 0.1) is 12.0 Å². The van der Waals surface area contributed by atoms with E-state index in [4.69, 9.17) is 4.74 Å². The molecule has 0 amide bonds. The summed E-state index contributed by atoms with van der Waals surface area (Å²) in [5.41, 5.74) is 1.75. The minimum absolute atomic E-state index is 0.217. The van der Waals surface area contributed by atoms with Gasteiger partial charge in [-0.1, -0.05) is 18.2 Å². The first-order valence-electron chi connectivity index (χ1n) is 9.02. The van der Waals surface area contributed by atoms with Gasteiger partial charge in [-0.05, 0) is 42.8 Å². The Bertz CT molecular complexity index is 923. The largest absolute Gasteiger partial charge is 0.482 e. The highest BCUT2D eigenvalue weighted by atomic mass is 32.2. The van der Waals surface area contributed by atoms with Crippen molar-refractivity contribution in [3.63, 3.8) is 0 Å². The Morgan fingerprint density at radius 2 is 1.71 bits per heavy atom. The molecule has 0 radical (unpaired) electrons. The molecule has 2 aromatic carbocycles. The van der Waals surface area contributed by atoms with Crippen LogP contribution in [-0.4, -0.2) is 58.6 Å². The molecular formula is C20H24N2O5S. The van der Waals surface area contributed by atoms with Crippen molar-refractivity contribution in [1.82, 2.24) is 4.31 Å². The number of carbonyl (C=O) groups is 1. The maximum atomic E-state index is 13.0. The summed E-state index contributed by atoms with van der Waals surface area (Å²) in [6.07, 6.45) is 0. The predicted molar refractivity (Wildman–Crippen MR) is 106 cm³/mol. The number of esters is 1. The number of aryl methyl sites for hydroxylation is 1. The summed E-state index contributed by atoms with van der Waals surface area (Å²) in [6, 6.07) is 14.6. The molecule has 1 saturated heterocycles. The standard InChI is InChI=1S/C20H24N2O5S/c1-16-14-18(8-9-19(16)27-15-20(23)26-2)28(24,25)22-12-10-21(11-13-22)17-6-4-3-5-7-17/h3-9,14H,10-13,15H2,1-2H3. The van der Waals surface area contributed by atoms with Crippen molar-refractivity contribution >= 4 is 21.7 Å². The lowest BCUT2D eigenvalue weighted by Crippen LogP contribution is -2.48. The van der Waals surface area contributed by atoms with E-state index >= 15 is 0 Å². The van der Waals surface area contributed by atoms with Crippen LogP contribution in [0.1, 0.15) is 5.56 Å². The Kier molecular flexibility index (Phi) is 6.21. The first kappa shape index (κ1) is 20.2. The Morgan fingerprint density at radius 3 is 2.32 bits per heavy atom. The molecule has 0 aromatic heterocycles. The van der Waals surface area contributed by atoms with Gasteiger partial charge in [0, 0.05) is 31.9 Å². The molecule has 1 aliphatic heterocycles. The number of rotatable bonds is 6. The van der Waals surface area contributed by atoms with Gasteiger partial charge < -0.3 is 14.4 Å². The van der Waals surface area contributed by atoms with E-state index in [-0.39, 0.29) is 11.5 Å². The van der Waals surface area contributed by atoms with Gasteiger partial charge >= 0.3 is 5.97 Å². The third-order valence-electron chi connectivity index (χ3n) is 4.72. The molecule has 0 atom stereocenters. The minimum Gasteiger partial charge on any atom is -0.482 e. The van der Waals surface area contributed by atoms with Crippen LogP contribution in [0.15, 0.2) is 53.4 Å². The van der Waals surface area contributed by atoms with Crippen molar-refractivity contribution in [2.45, 2.75) is 11.8 Å². The molecule has 0 N–H and O–H groups in total. The van der Waals surface area contributed by atoms with Crippen LogP contribution in [0.2, 0.25) is 0 Å². The predicted octanol–water partition coefficient (Wildman–Crippen LogP) is 2.06. The lowest BCUT2D eigenvalue weighted by atomic mass is 10.2. The van der Waals surface area contributed by atoms with Crippen molar-refractivity contribution in [3.05, 3.63) is 54.1 Å². The molecule has 8 heteroatoms.